The molecule has 4 rings (SSSR count). The molecule has 0 radical (unpaired) electrons. The molecule has 1 saturated heterocycles. The molecule has 1 aromatic heterocycles. The summed E-state index contributed by atoms with van der Waals surface area (Å²) < 4.78 is 5.28. The van der Waals surface area contributed by atoms with Crippen LogP contribution in [0.1, 0.15) is 36.5 Å². The van der Waals surface area contributed by atoms with Gasteiger partial charge in [-0.3, -0.25) is 5.41 Å². The Morgan fingerprint density at radius 3 is 3.08 bits per heavy atom. The number of furan rings is 1. The number of rotatable bonds is 4. The molecule has 0 aliphatic carbocycles. The van der Waals surface area contributed by atoms with Gasteiger partial charge in [-0.15, -0.1) is 0 Å². The zero-order chi connectivity index (χ0) is 16.5. The first kappa shape index (κ1) is 15.3. The SMILES string of the molecule is CN1CCCC1CC1CNc2ccc(NC(=N)c3ccco3)cc21. The van der Waals surface area contributed by atoms with Crippen LogP contribution in [0.2, 0.25) is 0 Å². The first-order valence-electron chi connectivity index (χ1n) is 8.68. The first-order valence-corrected chi connectivity index (χ1v) is 8.68. The van der Waals surface area contributed by atoms with E-state index in [4.69, 9.17) is 9.83 Å². The van der Waals surface area contributed by atoms with Gasteiger partial charge in [0.15, 0.2) is 11.6 Å². The highest BCUT2D eigenvalue weighted by molar-refractivity contribution is 6.04. The van der Waals surface area contributed by atoms with Gasteiger partial charge in [-0.2, -0.15) is 0 Å². The van der Waals surface area contributed by atoms with E-state index in [1.54, 1.807) is 18.4 Å². The summed E-state index contributed by atoms with van der Waals surface area (Å²) in [5.41, 5.74) is 3.55. The monoisotopic (exact) mass is 324 g/mol. The molecule has 0 bridgehead atoms. The molecule has 1 fully saturated rings. The molecule has 126 valence electrons. The molecule has 5 nitrogen and oxygen atoms in total. The number of amidine groups is 1. The summed E-state index contributed by atoms with van der Waals surface area (Å²) in [5, 5.41) is 14.8. The van der Waals surface area contributed by atoms with Crippen LogP contribution in [-0.2, 0) is 0 Å². The summed E-state index contributed by atoms with van der Waals surface area (Å²) in [6, 6.07) is 10.6. The van der Waals surface area contributed by atoms with Crippen molar-refractivity contribution in [3.8, 4) is 0 Å². The van der Waals surface area contributed by atoms with E-state index in [0.29, 0.717) is 17.7 Å². The van der Waals surface area contributed by atoms with E-state index in [1.165, 1.54) is 37.1 Å². The minimum absolute atomic E-state index is 0.290. The van der Waals surface area contributed by atoms with Crippen molar-refractivity contribution in [3.63, 3.8) is 0 Å². The van der Waals surface area contributed by atoms with Gasteiger partial charge in [-0.25, -0.2) is 0 Å². The van der Waals surface area contributed by atoms with Gasteiger partial charge in [0, 0.05) is 29.9 Å². The van der Waals surface area contributed by atoms with E-state index >= 15 is 0 Å². The van der Waals surface area contributed by atoms with E-state index in [9.17, 15) is 0 Å². The predicted molar refractivity (Wildman–Crippen MR) is 97.1 cm³/mol. The summed E-state index contributed by atoms with van der Waals surface area (Å²) in [5.74, 6) is 1.39. The molecular weight excluding hydrogens is 300 g/mol. The third-order valence-corrected chi connectivity index (χ3v) is 5.30. The lowest BCUT2D eigenvalue weighted by atomic mass is 9.92. The Balaban J connectivity index is 1.49. The summed E-state index contributed by atoms with van der Waals surface area (Å²) in [6.45, 7) is 2.23. The van der Waals surface area contributed by atoms with Crippen LogP contribution in [0.25, 0.3) is 0 Å². The molecular formula is C19H24N4O. The first-order chi connectivity index (χ1) is 11.7. The Morgan fingerprint density at radius 1 is 1.42 bits per heavy atom. The van der Waals surface area contributed by atoms with E-state index in [0.717, 1.165) is 12.2 Å². The van der Waals surface area contributed by atoms with Gasteiger partial charge in [-0.1, -0.05) is 0 Å². The highest BCUT2D eigenvalue weighted by Crippen LogP contribution is 2.38. The molecule has 2 aromatic rings. The molecule has 1 aromatic carbocycles. The molecule has 3 heterocycles. The number of anilines is 2. The molecule has 0 spiro atoms. The van der Waals surface area contributed by atoms with E-state index in [2.05, 4.69) is 34.7 Å². The molecule has 3 N–H and O–H groups in total. The van der Waals surface area contributed by atoms with Crippen LogP contribution in [0.3, 0.4) is 0 Å². The fourth-order valence-corrected chi connectivity index (χ4v) is 3.92. The van der Waals surface area contributed by atoms with Crippen molar-refractivity contribution in [2.75, 3.05) is 30.8 Å². The maximum atomic E-state index is 8.11. The zero-order valence-corrected chi connectivity index (χ0v) is 14.0. The fourth-order valence-electron chi connectivity index (χ4n) is 3.92. The number of nitrogens with one attached hydrogen (secondary N) is 3. The maximum absolute atomic E-state index is 8.11. The second-order valence-corrected chi connectivity index (χ2v) is 6.87. The van der Waals surface area contributed by atoms with Crippen LogP contribution in [0.5, 0.6) is 0 Å². The van der Waals surface area contributed by atoms with Crippen LogP contribution >= 0.6 is 0 Å². The third kappa shape index (κ3) is 2.91. The van der Waals surface area contributed by atoms with Gasteiger partial charge in [0.1, 0.15) is 0 Å². The van der Waals surface area contributed by atoms with Crippen LogP contribution < -0.4 is 10.6 Å². The third-order valence-electron chi connectivity index (χ3n) is 5.30. The van der Waals surface area contributed by atoms with Gasteiger partial charge >= 0.3 is 0 Å². The fraction of sp³-hybridized carbons (Fsp3) is 0.421. The molecule has 2 unspecified atom stereocenters. The van der Waals surface area contributed by atoms with E-state index in [-0.39, 0.29) is 5.84 Å². The van der Waals surface area contributed by atoms with Gasteiger partial charge in [-0.05, 0) is 68.8 Å². The summed E-state index contributed by atoms with van der Waals surface area (Å²) >= 11 is 0. The van der Waals surface area contributed by atoms with Crippen LogP contribution in [-0.4, -0.2) is 36.9 Å². The van der Waals surface area contributed by atoms with Crippen molar-refractivity contribution in [3.05, 3.63) is 47.9 Å². The normalized spacial score (nSPS) is 23.0. The molecule has 2 aliphatic heterocycles. The number of fused-ring (bicyclic) bond motifs is 1. The lowest BCUT2D eigenvalue weighted by Gasteiger charge is -2.23. The minimum atomic E-state index is 0.290. The van der Waals surface area contributed by atoms with Gasteiger partial charge in [0.05, 0.1) is 6.26 Å². The summed E-state index contributed by atoms with van der Waals surface area (Å²) in [4.78, 5) is 2.49. The standard InChI is InChI=1S/C19H24N4O/c1-23-8-2-4-15(23)10-13-12-21-17-7-6-14(11-16(13)17)22-19(20)18-5-3-9-24-18/h3,5-7,9,11,13,15,21H,2,4,8,10,12H2,1H3,(H2,20,22). The van der Waals surface area contributed by atoms with E-state index in [1.807, 2.05) is 6.07 Å². The molecule has 24 heavy (non-hydrogen) atoms. The second-order valence-electron chi connectivity index (χ2n) is 6.87. The number of hydrogen-bond donors (Lipinski definition) is 3. The van der Waals surface area contributed by atoms with Crippen molar-refractivity contribution >= 4 is 17.2 Å². The quantitative estimate of drug-likeness (QED) is 0.592. The Kier molecular flexibility index (Phi) is 4.02. The highest BCUT2D eigenvalue weighted by atomic mass is 16.3. The second kappa shape index (κ2) is 6.32. The lowest BCUT2D eigenvalue weighted by molar-refractivity contribution is 0.285. The summed E-state index contributed by atoms with van der Waals surface area (Å²) in [7, 11) is 2.24. The Hall–Kier alpha value is -2.27. The predicted octanol–water partition coefficient (Wildman–Crippen LogP) is 3.71. The number of likely N-dealkylation sites (tertiary alicyclic amines) is 1. The molecule has 0 amide bonds. The molecule has 2 atom stereocenters. The number of benzene rings is 1. The Bertz CT molecular complexity index is 725. The lowest BCUT2D eigenvalue weighted by Crippen LogP contribution is -2.27. The molecule has 2 aliphatic rings. The Morgan fingerprint density at radius 2 is 2.33 bits per heavy atom. The summed E-state index contributed by atoms with van der Waals surface area (Å²) in [6.07, 6.45) is 5.42. The molecule has 5 heteroatoms. The average Bonchev–Trinajstić information content (AvgIpc) is 3.31. The number of nitrogens with zero attached hydrogens (tertiary/aromatic N) is 1. The van der Waals surface area contributed by atoms with Crippen LogP contribution in [0.4, 0.5) is 11.4 Å². The van der Waals surface area contributed by atoms with Crippen molar-refractivity contribution in [2.24, 2.45) is 0 Å². The van der Waals surface area contributed by atoms with Gasteiger partial charge in [0.2, 0.25) is 0 Å². The van der Waals surface area contributed by atoms with Crippen molar-refractivity contribution < 1.29 is 4.42 Å². The van der Waals surface area contributed by atoms with Crippen molar-refractivity contribution in [1.82, 2.24) is 4.90 Å². The Labute approximate surface area is 142 Å². The van der Waals surface area contributed by atoms with E-state index < -0.39 is 0 Å². The van der Waals surface area contributed by atoms with Crippen LogP contribution in [0, 0.1) is 5.41 Å². The van der Waals surface area contributed by atoms with Gasteiger partial charge < -0.3 is 20.0 Å². The highest BCUT2D eigenvalue weighted by Gasteiger charge is 2.29. The smallest absolute Gasteiger partial charge is 0.168 e. The minimum Gasteiger partial charge on any atom is -0.461 e. The number of hydrogen-bond acceptors (Lipinski definition) is 4. The van der Waals surface area contributed by atoms with Crippen molar-refractivity contribution in [2.45, 2.75) is 31.2 Å². The maximum Gasteiger partial charge on any atom is 0.168 e. The zero-order valence-electron chi connectivity index (χ0n) is 14.0. The van der Waals surface area contributed by atoms with Crippen LogP contribution in [0.15, 0.2) is 41.0 Å². The topological polar surface area (TPSA) is 64.3 Å². The van der Waals surface area contributed by atoms with Gasteiger partial charge in [0.25, 0.3) is 0 Å². The largest absolute Gasteiger partial charge is 0.461 e. The molecule has 0 saturated carbocycles. The average molecular weight is 324 g/mol. The van der Waals surface area contributed by atoms with Crippen molar-refractivity contribution in [1.29, 1.82) is 5.41 Å².